The monoisotopic (exact) mass is 381 g/mol. The molecule has 1 nitrogen and oxygen atoms in total. The summed E-state index contributed by atoms with van der Waals surface area (Å²) in [6, 6.07) is 2.46. The Hall–Kier alpha value is -1.44. The van der Waals surface area contributed by atoms with Crippen LogP contribution in [-0.2, 0) is 10.8 Å². The van der Waals surface area contributed by atoms with Gasteiger partial charge in [-0.1, -0.05) is 57.9 Å². The van der Waals surface area contributed by atoms with E-state index in [0.717, 1.165) is 11.8 Å². The van der Waals surface area contributed by atoms with Gasteiger partial charge in [0, 0.05) is 6.20 Å². The van der Waals surface area contributed by atoms with Gasteiger partial charge in [-0.25, -0.2) is 0 Å². The second kappa shape index (κ2) is 5.62. The highest BCUT2D eigenvalue weighted by Gasteiger charge is 2.58. The van der Waals surface area contributed by atoms with Gasteiger partial charge >= 0.3 is 0 Å². The molecule has 0 spiro atoms. The minimum absolute atomic E-state index is 0.124. The largest absolute Gasteiger partial charge is 0.256 e. The zero-order chi connectivity index (χ0) is 21.1. The number of pyridine rings is 1. The maximum Gasteiger partial charge on any atom is 0.140 e. The summed E-state index contributed by atoms with van der Waals surface area (Å²) in [4.78, 5) is 5.05. The number of benzene rings is 1. The Morgan fingerprint density at radius 1 is 0.793 bits per heavy atom. The standard InChI is InChI=1S/C25H34B3N/c1-23(2)18-19(24(3,4)25(23,5)6)22(28)21(27)17(20(18)26)16-10-14-12-7-8-13(9-12)15(14)11-29-16/h10-13H,7-9,26-28H2,1-6H3. The molecular formula is C25H34B3N. The van der Waals surface area contributed by atoms with Crippen LogP contribution >= 0.6 is 0 Å². The average Bonchev–Trinajstić information content (AvgIpc) is 3.28. The zero-order valence-corrected chi connectivity index (χ0v) is 19.9. The van der Waals surface area contributed by atoms with E-state index in [1.165, 1.54) is 46.9 Å². The van der Waals surface area contributed by atoms with Crippen LogP contribution in [0.2, 0.25) is 0 Å². The number of hydrogen-bond acceptors (Lipinski definition) is 1. The first-order valence-corrected chi connectivity index (χ1v) is 11.6. The first-order chi connectivity index (χ1) is 13.4. The Balaban J connectivity index is 1.79. The van der Waals surface area contributed by atoms with E-state index in [0.29, 0.717) is 0 Å². The van der Waals surface area contributed by atoms with Gasteiger partial charge in [0.25, 0.3) is 0 Å². The fourth-order valence-electron chi connectivity index (χ4n) is 7.37. The topological polar surface area (TPSA) is 12.9 Å². The van der Waals surface area contributed by atoms with Crippen LogP contribution in [0.25, 0.3) is 11.3 Å². The molecule has 0 aliphatic heterocycles. The van der Waals surface area contributed by atoms with Crippen molar-refractivity contribution in [1.82, 2.24) is 4.98 Å². The van der Waals surface area contributed by atoms with Gasteiger partial charge in [-0.05, 0) is 81.2 Å². The first kappa shape index (κ1) is 19.5. The van der Waals surface area contributed by atoms with Crippen molar-refractivity contribution in [3.63, 3.8) is 0 Å². The van der Waals surface area contributed by atoms with Crippen molar-refractivity contribution in [1.29, 1.82) is 0 Å². The third-order valence-electron chi connectivity index (χ3n) is 10.2. The SMILES string of the molecule is Bc1c(B)c2c(c(B)c1-c1cc3c(cn1)C1CCC3C1)C(C)(C)C(C)(C)C2(C)C. The molecule has 0 radical (unpaired) electrons. The Morgan fingerprint density at radius 3 is 1.97 bits per heavy atom. The van der Waals surface area contributed by atoms with E-state index < -0.39 is 0 Å². The molecule has 3 aliphatic rings. The third kappa shape index (κ3) is 2.14. The van der Waals surface area contributed by atoms with Gasteiger partial charge in [-0.3, -0.25) is 4.98 Å². The highest BCUT2D eigenvalue weighted by molar-refractivity contribution is 6.55. The van der Waals surface area contributed by atoms with Gasteiger partial charge in [0.1, 0.15) is 23.5 Å². The lowest BCUT2D eigenvalue weighted by Crippen LogP contribution is -2.44. The minimum atomic E-state index is 0.124. The Labute approximate surface area is 179 Å². The summed E-state index contributed by atoms with van der Waals surface area (Å²) in [7, 11) is 7.04. The minimum Gasteiger partial charge on any atom is -0.256 e. The van der Waals surface area contributed by atoms with Crippen molar-refractivity contribution >= 4 is 39.9 Å². The van der Waals surface area contributed by atoms with E-state index >= 15 is 0 Å². The Bertz CT molecular complexity index is 1060. The molecule has 1 aromatic carbocycles. The van der Waals surface area contributed by atoms with Crippen molar-refractivity contribution in [3.8, 4) is 11.3 Å². The summed E-state index contributed by atoms with van der Waals surface area (Å²) in [6.07, 6.45) is 6.32. The second-order valence-electron chi connectivity index (χ2n) is 11.8. The molecule has 2 bridgehead atoms. The van der Waals surface area contributed by atoms with Crippen molar-refractivity contribution in [2.45, 2.75) is 83.5 Å². The van der Waals surface area contributed by atoms with Crippen LogP contribution in [0.15, 0.2) is 12.3 Å². The second-order valence-corrected chi connectivity index (χ2v) is 11.8. The zero-order valence-electron chi connectivity index (χ0n) is 19.9. The van der Waals surface area contributed by atoms with Gasteiger partial charge in [0.15, 0.2) is 0 Å². The smallest absolute Gasteiger partial charge is 0.140 e. The molecular weight excluding hydrogens is 347 g/mol. The fraction of sp³-hybridized carbons (Fsp3) is 0.560. The molecule has 1 aromatic heterocycles. The van der Waals surface area contributed by atoms with Crippen LogP contribution in [0.4, 0.5) is 0 Å². The Morgan fingerprint density at radius 2 is 1.34 bits per heavy atom. The summed E-state index contributed by atoms with van der Waals surface area (Å²) >= 11 is 0. The normalized spacial score (nSPS) is 27.1. The van der Waals surface area contributed by atoms with Crippen molar-refractivity contribution in [2.24, 2.45) is 5.41 Å². The lowest BCUT2D eigenvalue weighted by Gasteiger charge is -2.45. The average molecular weight is 381 g/mol. The molecule has 5 rings (SSSR count). The molecule has 4 heteroatoms. The summed E-state index contributed by atoms with van der Waals surface area (Å²) in [5, 5.41) is 0. The van der Waals surface area contributed by atoms with E-state index in [-0.39, 0.29) is 16.2 Å². The lowest BCUT2D eigenvalue weighted by atomic mass is 9.58. The van der Waals surface area contributed by atoms with Crippen LogP contribution in [0, 0.1) is 5.41 Å². The van der Waals surface area contributed by atoms with Crippen molar-refractivity contribution in [2.75, 3.05) is 0 Å². The van der Waals surface area contributed by atoms with Gasteiger partial charge < -0.3 is 0 Å². The van der Waals surface area contributed by atoms with Crippen LogP contribution in [0.3, 0.4) is 0 Å². The number of hydrogen-bond donors (Lipinski definition) is 0. The summed E-state index contributed by atoms with van der Waals surface area (Å²) < 4.78 is 0. The number of nitrogens with zero attached hydrogens (tertiary/aromatic N) is 1. The van der Waals surface area contributed by atoms with Crippen LogP contribution in [0.1, 0.15) is 94.9 Å². The predicted octanol–water partition coefficient (Wildman–Crippen LogP) is 1.48. The molecule has 29 heavy (non-hydrogen) atoms. The number of rotatable bonds is 1. The van der Waals surface area contributed by atoms with E-state index in [4.69, 9.17) is 4.98 Å². The number of fused-ring (bicyclic) bond motifs is 6. The number of aromatic nitrogens is 1. The van der Waals surface area contributed by atoms with Gasteiger partial charge in [0.2, 0.25) is 0 Å². The van der Waals surface area contributed by atoms with E-state index in [1.807, 2.05) is 0 Å². The van der Waals surface area contributed by atoms with Crippen LogP contribution in [0.5, 0.6) is 0 Å². The molecule has 2 atom stereocenters. The van der Waals surface area contributed by atoms with Crippen molar-refractivity contribution < 1.29 is 0 Å². The van der Waals surface area contributed by atoms with E-state index in [9.17, 15) is 0 Å². The van der Waals surface area contributed by atoms with Crippen molar-refractivity contribution in [3.05, 3.63) is 34.5 Å². The first-order valence-electron chi connectivity index (χ1n) is 11.6. The molecule has 0 amide bonds. The molecule has 0 saturated heterocycles. The molecule has 148 valence electrons. The predicted molar refractivity (Wildman–Crippen MR) is 133 cm³/mol. The van der Waals surface area contributed by atoms with Gasteiger partial charge in [-0.15, -0.1) is 0 Å². The Kier molecular flexibility index (Phi) is 3.79. The summed E-state index contributed by atoms with van der Waals surface area (Å²) in [6.45, 7) is 14.8. The third-order valence-corrected chi connectivity index (χ3v) is 10.2. The maximum absolute atomic E-state index is 5.05. The highest BCUT2D eigenvalue weighted by Crippen LogP contribution is 2.60. The molecule has 3 aliphatic carbocycles. The maximum atomic E-state index is 5.05. The quantitative estimate of drug-likeness (QED) is 0.683. The fourth-order valence-corrected chi connectivity index (χ4v) is 7.37. The van der Waals surface area contributed by atoms with Gasteiger partial charge in [0.05, 0.1) is 5.69 Å². The molecule has 1 saturated carbocycles. The highest BCUT2D eigenvalue weighted by atomic mass is 14.7. The van der Waals surface area contributed by atoms with E-state index in [1.54, 1.807) is 22.3 Å². The molecule has 2 aromatic rings. The molecule has 1 heterocycles. The molecule has 1 fully saturated rings. The van der Waals surface area contributed by atoms with E-state index in [2.05, 4.69) is 77.3 Å². The summed E-state index contributed by atoms with van der Waals surface area (Å²) in [5.41, 5.74) is 13.7. The molecule has 2 unspecified atom stereocenters. The molecule has 0 N–H and O–H groups in total. The van der Waals surface area contributed by atoms with Gasteiger partial charge in [-0.2, -0.15) is 0 Å². The van der Waals surface area contributed by atoms with Crippen LogP contribution in [-0.4, -0.2) is 28.5 Å². The van der Waals surface area contributed by atoms with Crippen LogP contribution < -0.4 is 16.4 Å². The summed E-state index contributed by atoms with van der Waals surface area (Å²) in [5.74, 6) is 1.56. The lowest BCUT2D eigenvalue weighted by molar-refractivity contribution is 0.125.